The summed E-state index contributed by atoms with van der Waals surface area (Å²) in [6.45, 7) is 0. The molecule has 0 atom stereocenters. The topological polar surface area (TPSA) is 138 Å². The minimum absolute atomic E-state index is 0.145. The number of nitrogens with one attached hydrogen (secondary N) is 1. The van der Waals surface area contributed by atoms with Gasteiger partial charge in [0, 0.05) is 17.8 Å². The van der Waals surface area contributed by atoms with Crippen molar-refractivity contribution in [3.8, 4) is 5.88 Å². The van der Waals surface area contributed by atoms with Crippen LogP contribution in [-0.2, 0) is 0 Å². The summed E-state index contributed by atoms with van der Waals surface area (Å²) in [5, 5.41) is 32.7. The Morgan fingerprint density at radius 2 is 1.88 bits per heavy atom. The Hall–Kier alpha value is -3.82. The summed E-state index contributed by atoms with van der Waals surface area (Å²) in [6, 6.07) is 7.00. The molecule has 1 aromatic heterocycles. The molecule has 0 saturated carbocycles. The van der Waals surface area contributed by atoms with E-state index in [1.807, 2.05) is 0 Å². The molecule has 1 heterocycles. The molecule has 3 N–H and O–H groups in total. The zero-order chi connectivity index (χ0) is 18.1. The highest BCUT2D eigenvalue weighted by Gasteiger charge is 2.21. The number of nitrogens with zero attached hydrogens (tertiary/aromatic N) is 3. The Balaban J connectivity index is 2.15. The Morgan fingerprint density at radius 3 is 2.48 bits per heavy atom. The van der Waals surface area contributed by atoms with E-state index in [9.17, 15) is 29.5 Å². The van der Waals surface area contributed by atoms with Gasteiger partial charge in [-0.3, -0.25) is 10.1 Å². The van der Waals surface area contributed by atoms with E-state index in [0.717, 1.165) is 12.1 Å². The fraction of sp³-hybridized carbons (Fsp3) is 0. The van der Waals surface area contributed by atoms with Gasteiger partial charge in [-0.2, -0.15) is 4.98 Å². The number of carbonyl (C=O) groups is 1. The van der Waals surface area contributed by atoms with Crippen molar-refractivity contribution in [2.45, 2.75) is 0 Å². The molecule has 0 saturated heterocycles. The first-order valence-electron chi connectivity index (χ1n) is 6.80. The highest BCUT2D eigenvalue weighted by molar-refractivity contribution is 6.04. The lowest BCUT2D eigenvalue weighted by molar-refractivity contribution is -0.384. The Bertz CT molecular complexity index is 1010. The van der Waals surface area contributed by atoms with E-state index in [4.69, 9.17) is 0 Å². The number of rotatable bonds is 4. The molecule has 2 aromatic carbocycles. The van der Waals surface area contributed by atoms with Crippen LogP contribution >= 0.6 is 0 Å². The van der Waals surface area contributed by atoms with Crippen molar-refractivity contribution in [1.29, 1.82) is 0 Å². The Morgan fingerprint density at radius 1 is 1.20 bits per heavy atom. The number of aromatic carboxylic acids is 1. The van der Waals surface area contributed by atoms with Crippen LogP contribution in [0.5, 0.6) is 5.88 Å². The van der Waals surface area contributed by atoms with Crippen molar-refractivity contribution in [3.05, 3.63) is 57.9 Å². The van der Waals surface area contributed by atoms with Gasteiger partial charge in [0.05, 0.1) is 21.4 Å². The Kier molecular flexibility index (Phi) is 3.85. The van der Waals surface area contributed by atoms with Crippen LogP contribution in [0.3, 0.4) is 0 Å². The average Bonchev–Trinajstić information content (AvgIpc) is 2.56. The summed E-state index contributed by atoms with van der Waals surface area (Å²) in [7, 11) is 0. The number of non-ortho nitro benzene ring substituents is 1. The number of carboxylic acids is 1. The molecule has 0 aliphatic carbocycles. The first-order valence-corrected chi connectivity index (χ1v) is 6.80. The van der Waals surface area contributed by atoms with Gasteiger partial charge >= 0.3 is 5.97 Å². The summed E-state index contributed by atoms with van der Waals surface area (Å²) >= 11 is 0. The number of carboxylic acid groups (broad SMARTS) is 1. The van der Waals surface area contributed by atoms with Crippen molar-refractivity contribution in [2.24, 2.45) is 0 Å². The second-order valence-electron chi connectivity index (χ2n) is 4.95. The largest absolute Gasteiger partial charge is 0.493 e. The predicted molar refractivity (Wildman–Crippen MR) is 84.5 cm³/mol. The van der Waals surface area contributed by atoms with Crippen molar-refractivity contribution < 1.29 is 24.3 Å². The number of anilines is 2. The van der Waals surface area contributed by atoms with Crippen LogP contribution in [0.1, 0.15) is 10.4 Å². The van der Waals surface area contributed by atoms with Gasteiger partial charge in [-0.25, -0.2) is 14.2 Å². The first kappa shape index (κ1) is 16.1. The number of benzene rings is 2. The van der Waals surface area contributed by atoms with Crippen LogP contribution in [-0.4, -0.2) is 31.1 Å². The van der Waals surface area contributed by atoms with Crippen LogP contribution < -0.4 is 5.32 Å². The molecule has 0 fully saturated rings. The zero-order valence-corrected chi connectivity index (χ0v) is 12.3. The quantitative estimate of drug-likeness (QED) is 0.485. The highest BCUT2D eigenvalue weighted by Crippen LogP contribution is 2.31. The lowest BCUT2D eigenvalue weighted by atomic mass is 10.1. The number of hydrogen-bond acceptors (Lipinski definition) is 7. The third kappa shape index (κ3) is 3.13. The molecule has 0 spiro atoms. The summed E-state index contributed by atoms with van der Waals surface area (Å²) in [6.07, 6.45) is 0. The molecule has 126 valence electrons. The van der Waals surface area contributed by atoms with Gasteiger partial charge in [0.25, 0.3) is 5.69 Å². The van der Waals surface area contributed by atoms with Gasteiger partial charge in [0.2, 0.25) is 11.8 Å². The molecule has 25 heavy (non-hydrogen) atoms. The molecule has 0 aliphatic rings. The van der Waals surface area contributed by atoms with Crippen molar-refractivity contribution in [1.82, 2.24) is 9.97 Å². The number of aromatic hydroxyl groups is 1. The molecule has 0 radical (unpaired) electrons. The maximum Gasteiger partial charge on any atom is 0.338 e. The lowest BCUT2D eigenvalue weighted by Crippen LogP contribution is -2.04. The summed E-state index contributed by atoms with van der Waals surface area (Å²) < 4.78 is 12.9. The van der Waals surface area contributed by atoms with E-state index in [1.54, 1.807) is 0 Å². The number of nitro benzene ring substituents is 1. The molecule has 3 aromatic rings. The van der Waals surface area contributed by atoms with E-state index in [1.165, 1.54) is 24.3 Å². The van der Waals surface area contributed by atoms with E-state index in [-0.39, 0.29) is 16.9 Å². The predicted octanol–water partition coefficient (Wildman–Crippen LogP) is 2.82. The van der Waals surface area contributed by atoms with Crippen LogP contribution in [0.15, 0.2) is 36.4 Å². The maximum absolute atomic E-state index is 12.9. The van der Waals surface area contributed by atoms with Gasteiger partial charge in [0.1, 0.15) is 5.82 Å². The lowest BCUT2D eigenvalue weighted by Gasteiger charge is -2.09. The van der Waals surface area contributed by atoms with E-state index < -0.39 is 33.8 Å². The second kappa shape index (κ2) is 6.00. The van der Waals surface area contributed by atoms with Gasteiger partial charge in [0.15, 0.2) is 0 Å². The van der Waals surface area contributed by atoms with Crippen molar-refractivity contribution >= 4 is 34.2 Å². The first-order chi connectivity index (χ1) is 11.8. The molecule has 0 amide bonds. The molecule has 10 heteroatoms. The maximum atomic E-state index is 12.9. The molecular weight excluding hydrogens is 335 g/mol. The number of aromatic nitrogens is 2. The molecular formula is C15H9FN4O5. The minimum Gasteiger partial charge on any atom is -0.493 e. The van der Waals surface area contributed by atoms with Gasteiger partial charge in [-0.1, -0.05) is 0 Å². The third-order valence-corrected chi connectivity index (χ3v) is 3.31. The number of hydrogen-bond donors (Lipinski definition) is 3. The van der Waals surface area contributed by atoms with Crippen molar-refractivity contribution in [2.75, 3.05) is 5.32 Å². The van der Waals surface area contributed by atoms with E-state index >= 15 is 0 Å². The Labute approximate surface area is 138 Å². The van der Waals surface area contributed by atoms with Gasteiger partial charge in [-0.05, 0) is 24.3 Å². The van der Waals surface area contributed by atoms with E-state index in [2.05, 4.69) is 15.3 Å². The highest BCUT2D eigenvalue weighted by atomic mass is 19.1. The van der Waals surface area contributed by atoms with Crippen LogP contribution in [0.4, 0.5) is 21.7 Å². The van der Waals surface area contributed by atoms with Gasteiger partial charge in [-0.15, -0.1) is 0 Å². The summed E-state index contributed by atoms with van der Waals surface area (Å²) in [4.78, 5) is 29.3. The van der Waals surface area contributed by atoms with Crippen molar-refractivity contribution in [3.63, 3.8) is 0 Å². The fourth-order valence-corrected chi connectivity index (χ4v) is 2.19. The molecule has 3 rings (SSSR count). The standard InChI is InChI=1S/C15H9FN4O5/c16-7-1-3-8(4-2-7)17-15-18-12-10(13(21)19-15)5-9(20(24)25)6-11(12)14(22)23/h1-6H,(H,22,23)(H2,17,18,19,21). The third-order valence-electron chi connectivity index (χ3n) is 3.31. The second-order valence-corrected chi connectivity index (χ2v) is 4.95. The molecule has 0 unspecified atom stereocenters. The fourth-order valence-electron chi connectivity index (χ4n) is 2.19. The van der Waals surface area contributed by atoms with Crippen LogP contribution in [0.25, 0.3) is 10.9 Å². The summed E-state index contributed by atoms with van der Waals surface area (Å²) in [5.41, 5.74) is -0.735. The minimum atomic E-state index is -1.44. The number of nitro groups is 1. The number of fused-ring (bicyclic) bond motifs is 1. The average molecular weight is 344 g/mol. The molecule has 0 bridgehead atoms. The smallest absolute Gasteiger partial charge is 0.338 e. The van der Waals surface area contributed by atoms with Gasteiger partial charge < -0.3 is 15.5 Å². The van der Waals surface area contributed by atoms with Crippen LogP contribution in [0.2, 0.25) is 0 Å². The normalized spacial score (nSPS) is 10.6. The SMILES string of the molecule is O=C(O)c1cc([N+](=O)[O-])cc2c(O)nc(Nc3ccc(F)cc3)nc12. The number of halogens is 1. The summed E-state index contributed by atoms with van der Waals surface area (Å²) in [5.74, 6) is -2.67. The monoisotopic (exact) mass is 344 g/mol. The molecule has 9 nitrogen and oxygen atoms in total. The van der Waals surface area contributed by atoms with Crippen LogP contribution in [0, 0.1) is 15.9 Å². The zero-order valence-electron chi connectivity index (χ0n) is 12.3. The van der Waals surface area contributed by atoms with E-state index in [0.29, 0.717) is 5.69 Å². The molecule has 0 aliphatic heterocycles.